The zero-order chi connectivity index (χ0) is 24.9. The Morgan fingerprint density at radius 1 is 0.794 bits per heavy atom. The van der Waals surface area contributed by atoms with Crippen LogP contribution in [0, 0.1) is 29.1 Å². The number of hydrogen-bond donors (Lipinski definition) is 0. The fourth-order valence-corrected chi connectivity index (χ4v) is 3.10. The number of hydrogen-bond acceptors (Lipinski definition) is 2. The molecule has 0 spiro atoms. The molecule has 0 saturated heterocycles. The summed E-state index contributed by atoms with van der Waals surface area (Å²) in [5, 5.41) is 0. The molecule has 2 nitrogen and oxygen atoms in total. The Balaban J connectivity index is 1.66. The van der Waals surface area contributed by atoms with Crippen LogP contribution in [-0.4, -0.2) is 12.7 Å². The first kappa shape index (κ1) is 25.1. The van der Waals surface area contributed by atoms with E-state index >= 15 is 0 Å². The van der Waals surface area contributed by atoms with E-state index in [1.54, 1.807) is 0 Å². The number of aryl methyl sites for hydroxylation is 1. The number of ether oxygens (including phenoxy) is 2. The molecule has 0 unspecified atom stereocenters. The molecule has 3 aromatic carbocycles. The van der Waals surface area contributed by atoms with Crippen LogP contribution < -0.4 is 9.47 Å². The summed E-state index contributed by atoms with van der Waals surface area (Å²) in [6.45, 7) is 0.492. The van der Waals surface area contributed by atoms with Crippen LogP contribution in [0.4, 0.5) is 30.7 Å². The van der Waals surface area contributed by atoms with Crippen LogP contribution in [0.2, 0.25) is 0 Å². The van der Waals surface area contributed by atoms with Gasteiger partial charge in [0.25, 0.3) is 0 Å². The predicted molar refractivity (Wildman–Crippen MR) is 112 cm³/mol. The van der Waals surface area contributed by atoms with Gasteiger partial charge in [0.2, 0.25) is 0 Å². The molecule has 0 aliphatic carbocycles. The molecule has 0 atom stereocenters. The van der Waals surface area contributed by atoms with Gasteiger partial charge in [0.05, 0.1) is 0 Å². The molecule has 34 heavy (non-hydrogen) atoms. The lowest BCUT2D eigenvalue weighted by molar-refractivity contribution is -0.195. The molecule has 3 rings (SSSR count). The summed E-state index contributed by atoms with van der Waals surface area (Å²) in [6.07, 6.45) is 0.560. The Morgan fingerprint density at radius 3 is 2.06 bits per heavy atom. The second kappa shape index (κ2) is 10.6. The zero-order valence-electron chi connectivity index (χ0n) is 17.9. The van der Waals surface area contributed by atoms with E-state index in [0.29, 0.717) is 18.4 Å². The molecule has 0 aliphatic rings. The van der Waals surface area contributed by atoms with Crippen LogP contribution >= 0.6 is 0 Å². The van der Waals surface area contributed by atoms with Crippen molar-refractivity contribution in [3.8, 4) is 22.6 Å². The fourth-order valence-electron chi connectivity index (χ4n) is 3.10. The zero-order valence-corrected chi connectivity index (χ0v) is 17.9. The Hall–Kier alpha value is -3.49. The van der Waals surface area contributed by atoms with E-state index in [-0.39, 0.29) is 29.0 Å². The minimum Gasteiger partial charge on any atom is -0.483 e. The molecule has 0 saturated carbocycles. The van der Waals surface area contributed by atoms with E-state index in [1.165, 1.54) is 36.4 Å². The third kappa shape index (κ3) is 6.09. The third-order valence-electron chi connectivity index (χ3n) is 4.78. The van der Waals surface area contributed by atoms with Gasteiger partial charge in [0, 0.05) is 17.7 Å². The average molecular weight is 484 g/mol. The topological polar surface area (TPSA) is 18.5 Å². The number of alkyl halides is 2. The lowest BCUT2D eigenvalue weighted by Gasteiger charge is -2.19. The lowest BCUT2D eigenvalue weighted by atomic mass is 10.0. The summed E-state index contributed by atoms with van der Waals surface area (Å²) in [5.74, 6) is -8.13. The van der Waals surface area contributed by atoms with Crippen LogP contribution in [0.25, 0.3) is 11.1 Å². The molecular formula is C25H19F7O2. The van der Waals surface area contributed by atoms with Gasteiger partial charge in [-0.05, 0) is 43.0 Å². The Labute approximate surface area is 191 Å². The average Bonchev–Trinajstić information content (AvgIpc) is 2.79. The smallest absolute Gasteiger partial charge is 0.433 e. The molecule has 0 bridgehead atoms. The molecule has 0 radical (unpaired) electrons. The van der Waals surface area contributed by atoms with Crippen molar-refractivity contribution in [2.24, 2.45) is 0 Å². The van der Waals surface area contributed by atoms with Gasteiger partial charge in [0.15, 0.2) is 35.7 Å². The third-order valence-corrected chi connectivity index (χ3v) is 4.78. The molecule has 180 valence electrons. The van der Waals surface area contributed by atoms with Crippen molar-refractivity contribution >= 4 is 0 Å². The predicted octanol–water partition coefficient (Wildman–Crippen LogP) is 7.61. The van der Waals surface area contributed by atoms with Gasteiger partial charge in [-0.3, -0.25) is 0 Å². The molecule has 9 heteroatoms. The van der Waals surface area contributed by atoms with E-state index in [1.807, 2.05) is 19.1 Å². The molecule has 0 fully saturated rings. The Kier molecular flexibility index (Phi) is 7.86. The highest BCUT2D eigenvalue weighted by molar-refractivity contribution is 5.65. The summed E-state index contributed by atoms with van der Waals surface area (Å²) >= 11 is 0. The van der Waals surface area contributed by atoms with Crippen LogP contribution in [0.3, 0.4) is 0 Å². The van der Waals surface area contributed by atoms with Gasteiger partial charge in [-0.15, -0.1) is 0 Å². The Morgan fingerprint density at radius 2 is 1.44 bits per heavy atom. The number of allylic oxidation sites excluding steroid dienone is 2. The molecule has 0 aliphatic heterocycles. The van der Waals surface area contributed by atoms with Gasteiger partial charge < -0.3 is 9.47 Å². The first-order valence-corrected chi connectivity index (χ1v) is 10.1. The number of benzene rings is 3. The normalized spacial score (nSPS) is 11.8. The summed E-state index contributed by atoms with van der Waals surface area (Å²) in [7, 11) is 0. The summed E-state index contributed by atoms with van der Waals surface area (Å²) in [5.41, 5.74) is 0.527. The summed E-state index contributed by atoms with van der Waals surface area (Å²) in [6, 6.07) is 8.72. The lowest BCUT2D eigenvalue weighted by Crippen LogP contribution is -2.32. The standard InChI is InChI=1S/C25H19F7O2/c1-2-3-4-5-16-8-11-19(23(29)22(16)28)15-6-9-17(10-7-15)33-14-25(31,32)34-18-12-20(26)24(30)21(27)13-18/h2-3,6-13H,4-5,14H2,1H3/b3-2+. The van der Waals surface area contributed by atoms with Crippen molar-refractivity contribution < 1.29 is 40.2 Å². The maximum Gasteiger partial charge on any atom is 0.433 e. The molecule has 0 heterocycles. The van der Waals surface area contributed by atoms with Crippen molar-refractivity contribution in [2.75, 3.05) is 6.61 Å². The van der Waals surface area contributed by atoms with Gasteiger partial charge in [-0.25, -0.2) is 22.0 Å². The number of rotatable bonds is 9. The minimum absolute atomic E-state index is 0.00661. The second-order valence-electron chi connectivity index (χ2n) is 7.26. The van der Waals surface area contributed by atoms with Crippen LogP contribution in [-0.2, 0) is 6.42 Å². The minimum atomic E-state index is -4.01. The largest absolute Gasteiger partial charge is 0.483 e. The van der Waals surface area contributed by atoms with Gasteiger partial charge >= 0.3 is 6.11 Å². The second-order valence-corrected chi connectivity index (χ2v) is 7.26. The van der Waals surface area contributed by atoms with Crippen LogP contribution in [0.15, 0.2) is 60.7 Å². The van der Waals surface area contributed by atoms with Crippen LogP contribution in [0.1, 0.15) is 18.9 Å². The molecule has 3 aromatic rings. The van der Waals surface area contributed by atoms with E-state index in [4.69, 9.17) is 4.74 Å². The van der Waals surface area contributed by atoms with Crippen molar-refractivity contribution in [2.45, 2.75) is 25.9 Å². The summed E-state index contributed by atoms with van der Waals surface area (Å²) in [4.78, 5) is 0. The maximum absolute atomic E-state index is 14.5. The SMILES string of the molecule is C/C=C/CCc1ccc(-c2ccc(OCC(F)(F)Oc3cc(F)c(F)c(F)c3)cc2)c(F)c1F. The molecule has 0 aromatic heterocycles. The van der Waals surface area contributed by atoms with Crippen molar-refractivity contribution in [1.82, 2.24) is 0 Å². The first-order chi connectivity index (χ1) is 16.1. The highest BCUT2D eigenvalue weighted by atomic mass is 19.3. The fraction of sp³-hybridized carbons (Fsp3) is 0.200. The molecule has 0 N–H and O–H groups in total. The van der Waals surface area contributed by atoms with Crippen LogP contribution in [0.5, 0.6) is 11.5 Å². The summed E-state index contributed by atoms with van der Waals surface area (Å²) < 4.78 is 105. The van der Waals surface area contributed by atoms with Crippen molar-refractivity contribution in [3.63, 3.8) is 0 Å². The Bertz CT molecular complexity index is 1150. The van der Waals surface area contributed by atoms with E-state index in [0.717, 1.165) is 0 Å². The van der Waals surface area contributed by atoms with Gasteiger partial charge in [0.1, 0.15) is 11.5 Å². The van der Waals surface area contributed by atoms with E-state index in [2.05, 4.69) is 4.74 Å². The number of halogens is 7. The van der Waals surface area contributed by atoms with Gasteiger partial charge in [-0.2, -0.15) is 8.78 Å². The molecular weight excluding hydrogens is 465 g/mol. The maximum atomic E-state index is 14.5. The van der Waals surface area contributed by atoms with Crippen molar-refractivity contribution in [3.05, 3.63) is 95.3 Å². The highest BCUT2D eigenvalue weighted by Gasteiger charge is 2.34. The van der Waals surface area contributed by atoms with E-state index < -0.39 is 47.6 Å². The molecule has 0 amide bonds. The highest BCUT2D eigenvalue weighted by Crippen LogP contribution is 2.30. The first-order valence-electron chi connectivity index (χ1n) is 10.1. The quantitative estimate of drug-likeness (QED) is 0.177. The van der Waals surface area contributed by atoms with Gasteiger partial charge in [-0.1, -0.05) is 36.4 Å². The van der Waals surface area contributed by atoms with E-state index in [9.17, 15) is 30.7 Å². The van der Waals surface area contributed by atoms with Crippen molar-refractivity contribution in [1.29, 1.82) is 0 Å². The monoisotopic (exact) mass is 484 g/mol.